The summed E-state index contributed by atoms with van der Waals surface area (Å²) in [6, 6.07) is 5.02. The van der Waals surface area contributed by atoms with Gasteiger partial charge in [0, 0.05) is 26.3 Å². The van der Waals surface area contributed by atoms with Crippen LogP contribution in [-0.2, 0) is 17.8 Å². The summed E-state index contributed by atoms with van der Waals surface area (Å²) in [5.74, 6) is 1.62. The van der Waals surface area contributed by atoms with E-state index in [9.17, 15) is 0 Å². The van der Waals surface area contributed by atoms with Crippen LogP contribution in [0.2, 0.25) is 0 Å². The summed E-state index contributed by atoms with van der Waals surface area (Å²) < 4.78 is 5.52. The van der Waals surface area contributed by atoms with E-state index in [-0.39, 0.29) is 0 Å². The third-order valence-electron chi connectivity index (χ3n) is 4.71. The van der Waals surface area contributed by atoms with Gasteiger partial charge in [-0.05, 0) is 59.8 Å². The second-order valence-corrected chi connectivity index (χ2v) is 6.01. The Balaban J connectivity index is 1.74. The van der Waals surface area contributed by atoms with Gasteiger partial charge in [-0.15, -0.1) is 0 Å². The van der Waals surface area contributed by atoms with Gasteiger partial charge in [-0.25, -0.2) is 0 Å². The Morgan fingerprint density at radius 1 is 0.833 bits per heavy atom. The maximum absolute atomic E-state index is 5.52. The molecule has 2 fully saturated rings. The van der Waals surface area contributed by atoms with Crippen molar-refractivity contribution in [3.8, 4) is 0 Å². The molecule has 0 unspecified atom stereocenters. The predicted octanol–water partition coefficient (Wildman–Crippen LogP) is 3.06. The smallest absolute Gasteiger partial charge is 0.0471 e. The Bertz CT molecular complexity index is 458. The third kappa shape index (κ3) is 1.88. The molecule has 0 spiro atoms. The van der Waals surface area contributed by atoms with Crippen LogP contribution in [-0.4, -0.2) is 13.2 Å². The lowest BCUT2D eigenvalue weighted by Crippen LogP contribution is -2.15. The van der Waals surface area contributed by atoms with E-state index in [2.05, 4.69) is 17.4 Å². The van der Waals surface area contributed by atoms with E-state index in [1.165, 1.54) is 25.7 Å². The first-order chi connectivity index (χ1) is 8.92. The van der Waals surface area contributed by atoms with Crippen LogP contribution in [0.25, 0.3) is 0 Å². The maximum atomic E-state index is 5.52. The van der Waals surface area contributed by atoms with Gasteiger partial charge in [0.15, 0.2) is 0 Å². The molecule has 2 nitrogen and oxygen atoms in total. The van der Waals surface area contributed by atoms with Crippen molar-refractivity contribution in [1.82, 2.24) is 5.32 Å². The summed E-state index contributed by atoms with van der Waals surface area (Å²) in [6.07, 6.45) is 5.24. The fourth-order valence-electron chi connectivity index (χ4n) is 3.50. The van der Waals surface area contributed by atoms with Crippen LogP contribution in [0.1, 0.15) is 59.8 Å². The topological polar surface area (TPSA) is 21.3 Å². The van der Waals surface area contributed by atoms with Crippen LogP contribution in [0.3, 0.4) is 0 Å². The molecule has 1 saturated heterocycles. The van der Waals surface area contributed by atoms with E-state index in [0.29, 0.717) is 0 Å². The van der Waals surface area contributed by atoms with E-state index >= 15 is 0 Å². The van der Waals surface area contributed by atoms with E-state index in [4.69, 9.17) is 4.74 Å². The summed E-state index contributed by atoms with van der Waals surface area (Å²) >= 11 is 0. The van der Waals surface area contributed by atoms with E-state index in [1.807, 2.05) is 0 Å². The third-order valence-corrected chi connectivity index (χ3v) is 4.71. The molecule has 2 heteroatoms. The van der Waals surface area contributed by atoms with Crippen LogP contribution in [0.4, 0.5) is 0 Å². The van der Waals surface area contributed by atoms with Crippen molar-refractivity contribution in [2.75, 3.05) is 13.2 Å². The molecule has 18 heavy (non-hydrogen) atoms. The number of benzene rings is 1. The zero-order chi connectivity index (χ0) is 11.9. The van der Waals surface area contributed by atoms with Gasteiger partial charge in [0.25, 0.3) is 0 Å². The summed E-state index contributed by atoms with van der Waals surface area (Å²) in [6.45, 7) is 4.04. The molecular formula is C16H21NO. The van der Waals surface area contributed by atoms with Crippen molar-refractivity contribution >= 4 is 0 Å². The SMILES string of the molecule is c1c2c(cc(C3CC3)c1C1CCOCC1)CNC2. The van der Waals surface area contributed by atoms with Crippen molar-refractivity contribution in [2.45, 2.75) is 50.6 Å². The Kier molecular flexibility index (Phi) is 2.66. The fourth-order valence-corrected chi connectivity index (χ4v) is 3.50. The average Bonchev–Trinajstić information content (AvgIpc) is 3.17. The van der Waals surface area contributed by atoms with E-state index in [1.54, 1.807) is 22.3 Å². The average molecular weight is 243 g/mol. The Labute approximate surface area is 109 Å². The van der Waals surface area contributed by atoms with Crippen molar-refractivity contribution < 1.29 is 4.74 Å². The number of rotatable bonds is 2. The first-order valence-corrected chi connectivity index (χ1v) is 7.36. The number of ether oxygens (including phenoxy) is 1. The highest BCUT2D eigenvalue weighted by molar-refractivity contribution is 5.45. The Morgan fingerprint density at radius 2 is 1.39 bits per heavy atom. The number of hydrogen-bond acceptors (Lipinski definition) is 2. The minimum atomic E-state index is 0.750. The standard InChI is InChI=1S/C16H21NO/c1-2-11(1)15-7-13-9-17-10-14(13)8-16(15)12-3-5-18-6-4-12/h7-8,11-12,17H,1-6,9-10H2. The molecule has 1 saturated carbocycles. The molecule has 1 N–H and O–H groups in total. The summed E-state index contributed by atoms with van der Waals surface area (Å²) in [5.41, 5.74) is 6.42. The van der Waals surface area contributed by atoms with Gasteiger partial charge in [-0.3, -0.25) is 0 Å². The molecule has 0 atom stereocenters. The molecular weight excluding hydrogens is 222 g/mol. The molecule has 1 aliphatic carbocycles. The lowest BCUT2D eigenvalue weighted by molar-refractivity contribution is 0.0851. The van der Waals surface area contributed by atoms with Crippen LogP contribution in [0.15, 0.2) is 12.1 Å². The van der Waals surface area contributed by atoms with Gasteiger partial charge in [-0.1, -0.05) is 12.1 Å². The van der Waals surface area contributed by atoms with Crippen LogP contribution < -0.4 is 5.32 Å². The highest BCUT2D eigenvalue weighted by atomic mass is 16.5. The monoisotopic (exact) mass is 243 g/mol. The van der Waals surface area contributed by atoms with Gasteiger partial charge in [0.1, 0.15) is 0 Å². The van der Waals surface area contributed by atoms with Crippen molar-refractivity contribution in [3.63, 3.8) is 0 Å². The van der Waals surface area contributed by atoms with Gasteiger partial charge >= 0.3 is 0 Å². The molecule has 0 amide bonds. The fraction of sp³-hybridized carbons (Fsp3) is 0.625. The highest BCUT2D eigenvalue weighted by Gasteiger charge is 2.30. The molecule has 96 valence electrons. The number of fused-ring (bicyclic) bond motifs is 1. The van der Waals surface area contributed by atoms with E-state index in [0.717, 1.165) is 38.1 Å². The highest BCUT2D eigenvalue weighted by Crippen LogP contribution is 2.46. The second kappa shape index (κ2) is 4.36. The number of hydrogen-bond donors (Lipinski definition) is 1. The van der Waals surface area contributed by atoms with Gasteiger partial charge in [0.2, 0.25) is 0 Å². The Morgan fingerprint density at radius 3 is 1.94 bits per heavy atom. The molecule has 3 aliphatic rings. The normalized spacial score (nSPS) is 24.2. The summed E-state index contributed by atoms with van der Waals surface area (Å²) in [7, 11) is 0. The van der Waals surface area contributed by atoms with Gasteiger partial charge < -0.3 is 10.1 Å². The van der Waals surface area contributed by atoms with Crippen LogP contribution in [0.5, 0.6) is 0 Å². The van der Waals surface area contributed by atoms with Crippen LogP contribution in [0, 0.1) is 0 Å². The number of nitrogens with one attached hydrogen (secondary N) is 1. The molecule has 2 heterocycles. The molecule has 0 radical (unpaired) electrons. The molecule has 0 aromatic heterocycles. The van der Waals surface area contributed by atoms with Crippen molar-refractivity contribution in [3.05, 3.63) is 34.4 Å². The van der Waals surface area contributed by atoms with E-state index < -0.39 is 0 Å². The zero-order valence-electron chi connectivity index (χ0n) is 10.9. The predicted molar refractivity (Wildman–Crippen MR) is 71.8 cm³/mol. The molecule has 4 rings (SSSR count). The van der Waals surface area contributed by atoms with Crippen LogP contribution >= 0.6 is 0 Å². The minimum Gasteiger partial charge on any atom is -0.381 e. The molecule has 0 bridgehead atoms. The quantitative estimate of drug-likeness (QED) is 0.862. The first-order valence-electron chi connectivity index (χ1n) is 7.36. The zero-order valence-corrected chi connectivity index (χ0v) is 10.9. The lowest BCUT2D eigenvalue weighted by Gasteiger charge is -2.25. The largest absolute Gasteiger partial charge is 0.381 e. The Hall–Kier alpha value is -0.860. The molecule has 1 aromatic carbocycles. The van der Waals surface area contributed by atoms with Gasteiger partial charge in [0.05, 0.1) is 0 Å². The minimum absolute atomic E-state index is 0.750. The first kappa shape index (κ1) is 11.0. The maximum Gasteiger partial charge on any atom is 0.0471 e. The molecule has 1 aromatic rings. The van der Waals surface area contributed by atoms with Gasteiger partial charge in [-0.2, -0.15) is 0 Å². The van der Waals surface area contributed by atoms with Crippen molar-refractivity contribution in [1.29, 1.82) is 0 Å². The lowest BCUT2D eigenvalue weighted by atomic mass is 9.84. The second-order valence-electron chi connectivity index (χ2n) is 6.01. The summed E-state index contributed by atoms with van der Waals surface area (Å²) in [4.78, 5) is 0. The van der Waals surface area contributed by atoms with Crippen molar-refractivity contribution in [2.24, 2.45) is 0 Å². The molecule has 2 aliphatic heterocycles. The summed E-state index contributed by atoms with van der Waals surface area (Å²) in [5, 5.41) is 3.48.